The van der Waals surface area contributed by atoms with E-state index >= 15 is 0 Å². The number of nitrogens with zero attached hydrogens (tertiary/aromatic N) is 2. The van der Waals surface area contributed by atoms with Gasteiger partial charge in [-0.15, -0.1) is 0 Å². The largest absolute Gasteiger partial charge is 0.468 e. The molecule has 1 aromatic rings. The van der Waals surface area contributed by atoms with E-state index in [0.29, 0.717) is 12.6 Å². The van der Waals surface area contributed by atoms with Crippen molar-refractivity contribution in [3.8, 4) is 0 Å². The van der Waals surface area contributed by atoms with E-state index in [4.69, 9.17) is 10.2 Å². The van der Waals surface area contributed by atoms with E-state index in [9.17, 15) is 0 Å². The van der Waals surface area contributed by atoms with Crippen LogP contribution in [0, 0.1) is 0 Å². The Balaban J connectivity index is 2.05. The molecule has 1 saturated heterocycles. The average Bonchev–Trinajstić information content (AvgIpc) is 2.93. The zero-order chi connectivity index (χ0) is 13.0. The Hall–Kier alpha value is -0.840. The van der Waals surface area contributed by atoms with Crippen LogP contribution in [-0.2, 0) is 0 Å². The zero-order valence-corrected chi connectivity index (χ0v) is 11.5. The molecule has 0 spiro atoms. The van der Waals surface area contributed by atoms with Crippen LogP contribution < -0.4 is 5.73 Å². The maximum atomic E-state index is 5.93. The average molecular weight is 251 g/mol. The van der Waals surface area contributed by atoms with Crippen LogP contribution >= 0.6 is 0 Å². The lowest BCUT2D eigenvalue weighted by Gasteiger charge is -2.43. The Morgan fingerprint density at radius 3 is 2.83 bits per heavy atom. The zero-order valence-electron chi connectivity index (χ0n) is 11.5. The molecule has 2 unspecified atom stereocenters. The van der Waals surface area contributed by atoms with Gasteiger partial charge in [0.1, 0.15) is 5.76 Å². The molecule has 2 atom stereocenters. The van der Waals surface area contributed by atoms with E-state index in [2.05, 4.69) is 23.6 Å². The third-order valence-electron chi connectivity index (χ3n) is 4.05. The quantitative estimate of drug-likeness (QED) is 0.865. The molecule has 102 valence electrons. The molecule has 1 fully saturated rings. The Morgan fingerprint density at radius 1 is 1.44 bits per heavy atom. The molecule has 2 heterocycles. The molecule has 1 aliphatic heterocycles. The van der Waals surface area contributed by atoms with Gasteiger partial charge >= 0.3 is 0 Å². The van der Waals surface area contributed by atoms with Crippen molar-refractivity contribution >= 4 is 0 Å². The molecule has 0 saturated carbocycles. The number of hydrogen-bond acceptors (Lipinski definition) is 4. The standard InChI is InChI=1S/C14H25N3O/c1-3-12-11-17(8-7-16(12)4-2)13(10-15)14-6-5-9-18-14/h5-6,9,12-13H,3-4,7-8,10-11,15H2,1-2H3. The highest BCUT2D eigenvalue weighted by Crippen LogP contribution is 2.24. The van der Waals surface area contributed by atoms with E-state index in [1.165, 1.54) is 6.42 Å². The molecule has 4 nitrogen and oxygen atoms in total. The first kappa shape index (κ1) is 13.6. The molecule has 0 aromatic carbocycles. The number of likely N-dealkylation sites (N-methyl/N-ethyl adjacent to an activating group) is 1. The number of furan rings is 1. The minimum atomic E-state index is 0.230. The summed E-state index contributed by atoms with van der Waals surface area (Å²) in [6.07, 6.45) is 2.93. The third kappa shape index (κ3) is 2.76. The number of hydrogen-bond donors (Lipinski definition) is 1. The summed E-state index contributed by atoms with van der Waals surface area (Å²) in [6.45, 7) is 9.56. The van der Waals surface area contributed by atoms with E-state index in [1.54, 1.807) is 6.26 Å². The van der Waals surface area contributed by atoms with Crippen molar-refractivity contribution in [3.63, 3.8) is 0 Å². The maximum Gasteiger partial charge on any atom is 0.122 e. The Labute approximate surface area is 110 Å². The highest BCUT2D eigenvalue weighted by atomic mass is 16.3. The summed E-state index contributed by atoms with van der Waals surface area (Å²) in [5, 5.41) is 0. The topological polar surface area (TPSA) is 45.6 Å². The van der Waals surface area contributed by atoms with Crippen LogP contribution in [0.25, 0.3) is 0 Å². The first-order valence-electron chi connectivity index (χ1n) is 7.01. The molecule has 1 aromatic heterocycles. The summed E-state index contributed by atoms with van der Waals surface area (Å²) < 4.78 is 5.53. The van der Waals surface area contributed by atoms with Crippen LogP contribution in [0.2, 0.25) is 0 Å². The van der Waals surface area contributed by atoms with Gasteiger partial charge < -0.3 is 10.2 Å². The van der Waals surface area contributed by atoms with Crippen LogP contribution in [0.3, 0.4) is 0 Å². The minimum absolute atomic E-state index is 0.230. The molecule has 0 amide bonds. The molecule has 2 N–H and O–H groups in total. The number of rotatable bonds is 5. The highest BCUT2D eigenvalue weighted by molar-refractivity contribution is 5.06. The lowest BCUT2D eigenvalue weighted by atomic mass is 10.1. The first-order chi connectivity index (χ1) is 8.80. The highest BCUT2D eigenvalue weighted by Gasteiger charge is 2.30. The maximum absolute atomic E-state index is 5.93. The van der Waals surface area contributed by atoms with Crippen molar-refractivity contribution < 1.29 is 4.42 Å². The van der Waals surface area contributed by atoms with Gasteiger partial charge in [0.2, 0.25) is 0 Å². The SMILES string of the molecule is CCC1CN(C(CN)c2ccco2)CCN1CC. The molecule has 2 rings (SSSR count). The smallest absolute Gasteiger partial charge is 0.122 e. The fraction of sp³-hybridized carbons (Fsp3) is 0.714. The molecule has 0 bridgehead atoms. The van der Waals surface area contributed by atoms with Gasteiger partial charge in [0.25, 0.3) is 0 Å². The molecule has 0 radical (unpaired) electrons. The predicted octanol–water partition coefficient (Wildman–Crippen LogP) is 1.70. The van der Waals surface area contributed by atoms with Crippen molar-refractivity contribution in [2.45, 2.75) is 32.4 Å². The lowest BCUT2D eigenvalue weighted by molar-refractivity contribution is 0.0449. The second-order valence-electron chi connectivity index (χ2n) is 4.95. The van der Waals surface area contributed by atoms with Crippen molar-refractivity contribution in [3.05, 3.63) is 24.2 Å². The predicted molar refractivity (Wildman–Crippen MR) is 73.4 cm³/mol. The van der Waals surface area contributed by atoms with Crippen LogP contribution in [-0.4, -0.2) is 48.6 Å². The molecular weight excluding hydrogens is 226 g/mol. The van der Waals surface area contributed by atoms with Crippen LogP contribution in [0.15, 0.2) is 22.8 Å². The molecule has 0 aliphatic carbocycles. The Kier molecular flexibility index (Phi) is 4.80. The number of piperazine rings is 1. The van der Waals surface area contributed by atoms with Crippen molar-refractivity contribution in [1.29, 1.82) is 0 Å². The van der Waals surface area contributed by atoms with E-state index < -0.39 is 0 Å². The fourth-order valence-corrected chi connectivity index (χ4v) is 2.93. The summed E-state index contributed by atoms with van der Waals surface area (Å²) in [5.41, 5.74) is 5.93. The van der Waals surface area contributed by atoms with Crippen LogP contribution in [0.5, 0.6) is 0 Å². The Morgan fingerprint density at radius 2 is 2.28 bits per heavy atom. The van der Waals surface area contributed by atoms with Gasteiger partial charge in [0, 0.05) is 32.2 Å². The monoisotopic (exact) mass is 251 g/mol. The van der Waals surface area contributed by atoms with Crippen LogP contribution in [0.1, 0.15) is 32.1 Å². The lowest BCUT2D eigenvalue weighted by Crippen LogP contribution is -2.54. The van der Waals surface area contributed by atoms with Gasteiger partial charge in [0.05, 0.1) is 12.3 Å². The van der Waals surface area contributed by atoms with E-state index in [0.717, 1.165) is 31.9 Å². The van der Waals surface area contributed by atoms with Gasteiger partial charge in [-0.05, 0) is 25.1 Å². The molecular formula is C14H25N3O. The summed E-state index contributed by atoms with van der Waals surface area (Å²) in [4.78, 5) is 5.03. The summed E-state index contributed by atoms with van der Waals surface area (Å²) in [5.74, 6) is 0.998. The second-order valence-corrected chi connectivity index (χ2v) is 4.95. The van der Waals surface area contributed by atoms with Gasteiger partial charge in [-0.1, -0.05) is 13.8 Å². The van der Waals surface area contributed by atoms with Gasteiger partial charge in [-0.2, -0.15) is 0 Å². The van der Waals surface area contributed by atoms with Gasteiger partial charge in [-0.3, -0.25) is 9.80 Å². The molecule has 1 aliphatic rings. The second kappa shape index (κ2) is 6.36. The molecule has 4 heteroatoms. The fourth-order valence-electron chi connectivity index (χ4n) is 2.93. The third-order valence-corrected chi connectivity index (χ3v) is 4.05. The minimum Gasteiger partial charge on any atom is -0.468 e. The van der Waals surface area contributed by atoms with E-state index in [-0.39, 0.29) is 6.04 Å². The first-order valence-corrected chi connectivity index (χ1v) is 7.01. The summed E-state index contributed by atoms with van der Waals surface area (Å²) >= 11 is 0. The van der Waals surface area contributed by atoms with Crippen LogP contribution in [0.4, 0.5) is 0 Å². The van der Waals surface area contributed by atoms with Crippen molar-refractivity contribution in [1.82, 2.24) is 9.80 Å². The normalized spacial score (nSPS) is 24.3. The van der Waals surface area contributed by atoms with Crippen molar-refractivity contribution in [2.75, 3.05) is 32.7 Å². The van der Waals surface area contributed by atoms with E-state index in [1.807, 2.05) is 12.1 Å². The van der Waals surface area contributed by atoms with Gasteiger partial charge in [0.15, 0.2) is 0 Å². The molecule has 18 heavy (non-hydrogen) atoms. The summed E-state index contributed by atoms with van der Waals surface area (Å²) in [7, 11) is 0. The summed E-state index contributed by atoms with van der Waals surface area (Å²) in [6, 6.07) is 4.85. The van der Waals surface area contributed by atoms with Crippen molar-refractivity contribution in [2.24, 2.45) is 5.73 Å². The van der Waals surface area contributed by atoms with Gasteiger partial charge in [-0.25, -0.2) is 0 Å². The number of nitrogens with two attached hydrogens (primary N) is 1. The Bertz CT molecular complexity index is 339.